The van der Waals surface area contributed by atoms with Crippen molar-refractivity contribution in [3.05, 3.63) is 41.7 Å². The lowest BCUT2D eigenvalue weighted by molar-refractivity contribution is 0.372. The summed E-state index contributed by atoms with van der Waals surface area (Å²) >= 11 is 1.59. The van der Waals surface area contributed by atoms with Crippen LogP contribution in [0.25, 0.3) is 0 Å². The highest BCUT2D eigenvalue weighted by Crippen LogP contribution is 2.42. The summed E-state index contributed by atoms with van der Waals surface area (Å²) in [6.45, 7) is 6.79. The van der Waals surface area contributed by atoms with Gasteiger partial charge in [0.05, 0.1) is 18.1 Å². The predicted molar refractivity (Wildman–Crippen MR) is 92.5 cm³/mol. The molecule has 132 valence electrons. The van der Waals surface area contributed by atoms with Crippen LogP contribution in [0, 0.1) is 0 Å². The molecule has 1 aliphatic rings. The first-order valence-electron chi connectivity index (χ1n) is 8.57. The third-order valence-electron chi connectivity index (χ3n) is 4.19. The molecule has 3 heterocycles. The molecule has 25 heavy (non-hydrogen) atoms. The molecule has 0 N–H and O–H groups in total. The molecule has 0 amide bonds. The maximum atomic E-state index is 5.51. The number of aromatic nitrogens is 5. The Bertz CT molecular complexity index is 835. The Balaban J connectivity index is 1.56. The molecule has 1 fully saturated rings. The van der Waals surface area contributed by atoms with E-state index < -0.39 is 0 Å². The Hall–Kier alpha value is -2.09. The van der Waals surface area contributed by atoms with Gasteiger partial charge in [0.2, 0.25) is 5.89 Å². The van der Waals surface area contributed by atoms with Crippen LogP contribution in [0.4, 0.5) is 0 Å². The van der Waals surface area contributed by atoms with Crippen molar-refractivity contribution in [3.63, 3.8) is 0 Å². The summed E-state index contributed by atoms with van der Waals surface area (Å²) in [5.74, 6) is 4.06. The molecule has 8 heteroatoms. The molecule has 0 aromatic carbocycles. The highest BCUT2D eigenvalue weighted by molar-refractivity contribution is 7.99. The Labute approximate surface area is 150 Å². The molecular weight excluding hydrogens is 338 g/mol. The maximum absolute atomic E-state index is 5.51. The van der Waals surface area contributed by atoms with E-state index in [9.17, 15) is 0 Å². The molecule has 0 radical (unpaired) electrons. The van der Waals surface area contributed by atoms with Crippen molar-refractivity contribution in [2.24, 2.45) is 0 Å². The molecule has 0 saturated heterocycles. The van der Waals surface area contributed by atoms with Crippen LogP contribution >= 0.6 is 11.8 Å². The lowest BCUT2D eigenvalue weighted by atomic mass is 10.2. The van der Waals surface area contributed by atoms with Gasteiger partial charge in [-0.3, -0.25) is 4.57 Å². The van der Waals surface area contributed by atoms with Crippen LogP contribution in [0.2, 0.25) is 0 Å². The minimum Gasteiger partial charge on any atom is -0.467 e. The molecule has 3 aromatic rings. The second-order valence-electron chi connectivity index (χ2n) is 6.69. The second kappa shape index (κ2) is 6.67. The predicted octanol–water partition coefficient (Wildman–Crippen LogP) is 4.16. The van der Waals surface area contributed by atoms with E-state index in [0.29, 0.717) is 18.4 Å². The third-order valence-corrected chi connectivity index (χ3v) is 5.25. The maximum Gasteiger partial charge on any atom is 0.239 e. The number of thioether (sulfide) groups is 1. The Kier molecular flexibility index (Phi) is 4.37. The molecule has 7 nitrogen and oxygen atoms in total. The fourth-order valence-electron chi connectivity index (χ4n) is 2.59. The van der Waals surface area contributed by atoms with Crippen LogP contribution in [0.1, 0.15) is 74.0 Å². The summed E-state index contributed by atoms with van der Waals surface area (Å²) in [5, 5.41) is 13.7. The van der Waals surface area contributed by atoms with Crippen LogP contribution < -0.4 is 0 Å². The molecule has 0 aliphatic heterocycles. The quantitative estimate of drug-likeness (QED) is 0.586. The fourth-order valence-corrected chi connectivity index (χ4v) is 3.48. The first kappa shape index (κ1) is 16.4. The highest BCUT2D eigenvalue weighted by Gasteiger charge is 2.31. The second-order valence-corrected chi connectivity index (χ2v) is 7.99. The van der Waals surface area contributed by atoms with Gasteiger partial charge in [0.25, 0.3) is 0 Å². The minimum absolute atomic E-state index is 0.00611. The molecule has 0 spiro atoms. The van der Waals surface area contributed by atoms with E-state index in [1.807, 2.05) is 32.9 Å². The van der Waals surface area contributed by atoms with Crippen LogP contribution in [0.3, 0.4) is 0 Å². The number of nitrogens with zero attached hydrogens (tertiary/aromatic N) is 5. The van der Waals surface area contributed by atoms with Gasteiger partial charge in [-0.1, -0.05) is 30.8 Å². The van der Waals surface area contributed by atoms with Gasteiger partial charge in [-0.2, -0.15) is 4.98 Å². The van der Waals surface area contributed by atoms with Crippen molar-refractivity contribution in [3.8, 4) is 0 Å². The minimum atomic E-state index is 0.00611. The van der Waals surface area contributed by atoms with E-state index in [0.717, 1.165) is 22.6 Å². The van der Waals surface area contributed by atoms with E-state index in [1.54, 1.807) is 18.0 Å². The van der Waals surface area contributed by atoms with Gasteiger partial charge >= 0.3 is 0 Å². The average Bonchev–Trinajstić information content (AvgIpc) is 3.03. The molecule has 0 bridgehead atoms. The van der Waals surface area contributed by atoms with Gasteiger partial charge in [-0.25, -0.2) is 0 Å². The zero-order valence-corrected chi connectivity index (χ0v) is 15.4. The van der Waals surface area contributed by atoms with Crippen molar-refractivity contribution < 1.29 is 8.94 Å². The monoisotopic (exact) mass is 359 g/mol. The smallest absolute Gasteiger partial charge is 0.239 e. The summed E-state index contributed by atoms with van der Waals surface area (Å²) in [7, 11) is 0. The number of hydrogen-bond acceptors (Lipinski definition) is 7. The standard InChI is InChI=1S/C17H21N5O2S/c1-10(2)14-18-16(24-21-14)11(3)25-17-20-19-15(12-6-7-12)22(17)9-13-5-4-8-23-13/h4-5,8,10-12H,6-7,9H2,1-3H3. The van der Waals surface area contributed by atoms with Crippen molar-refractivity contribution >= 4 is 11.8 Å². The molecule has 1 atom stereocenters. The summed E-state index contributed by atoms with van der Waals surface area (Å²) in [6, 6.07) is 3.87. The summed E-state index contributed by atoms with van der Waals surface area (Å²) in [5.41, 5.74) is 0. The Morgan fingerprint density at radius 1 is 1.28 bits per heavy atom. The lowest BCUT2D eigenvalue weighted by Gasteiger charge is -2.10. The van der Waals surface area contributed by atoms with Crippen LogP contribution in [-0.2, 0) is 6.54 Å². The van der Waals surface area contributed by atoms with Gasteiger partial charge in [-0.05, 0) is 31.9 Å². The summed E-state index contributed by atoms with van der Waals surface area (Å²) in [4.78, 5) is 4.49. The number of hydrogen-bond donors (Lipinski definition) is 0. The largest absolute Gasteiger partial charge is 0.467 e. The SMILES string of the molecule is CC(C)c1noc(C(C)Sc2nnc(C3CC3)n2Cc2ccco2)n1. The average molecular weight is 359 g/mol. The first-order valence-corrected chi connectivity index (χ1v) is 9.45. The van der Waals surface area contributed by atoms with Gasteiger partial charge < -0.3 is 8.94 Å². The van der Waals surface area contributed by atoms with Gasteiger partial charge in [0, 0.05) is 11.8 Å². The van der Waals surface area contributed by atoms with E-state index in [4.69, 9.17) is 8.94 Å². The van der Waals surface area contributed by atoms with Gasteiger partial charge in [0.15, 0.2) is 11.0 Å². The van der Waals surface area contributed by atoms with Crippen LogP contribution in [0.5, 0.6) is 0 Å². The molecule has 4 rings (SSSR count). The van der Waals surface area contributed by atoms with E-state index in [-0.39, 0.29) is 11.2 Å². The zero-order chi connectivity index (χ0) is 17.4. The van der Waals surface area contributed by atoms with Crippen molar-refractivity contribution in [1.82, 2.24) is 24.9 Å². The summed E-state index contributed by atoms with van der Waals surface area (Å²) in [6.07, 6.45) is 4.05. The zero-order valence-electron chi connectivity index (χ0n) is 14.5. The number of furan rings is 1. The molecule has 3 aromatic heterocycles. The van der Waals surface area contributed by atoms with Crippen LogP contribution in [-0.4, -0.2) is 24.9 Å². The first-order chi connectivity index (χ1) is 12.1. The topological polar surface area (TPSA) is 82.8 Å². The fraction of sp³-hybridized carbons (Fsp3) is 0.529. The Morgan fingerprint density at radius 3 is 2.76 bits per heavy atom. The van der Waals surface area contributed by atoms with Crippen molar-refractivity contribution in [2.45, 2.75) is 62.4 Å². The van der Waals surface area contributed by atoms with Crippen molar-refractivity contribution in [1.29, 1.82) is 0 Å². The van der Waals surface area contributed by atoms with E-state index >= 15 is 0 Å². The third kappa shape index (κ3) is 3.49. The lowest BCUT2D eigenvalue weighted by Crippen LogP contribution is -2.06. The highest BCUT2D eigenvalue weighted by atomic mass is 32.2. The van der Waals surface area contributed by atoms with Gasteiger partial charge in [-0.15, -0.1) is 10.2 Å². The molecule has 1 saturated carbocycles. The molecule has 1 unspecified atom stereocenters. The van der Waals surface area contributed by atoms with E-state index in [1.165, 1.54) is 12.8 Å². The normalized spacial score (nSPS) is 15.8. The number of rotatable bonds is 7. The molecule has 1 aliphatic carbocycles. The Morgan fingerprint density at radius 2 is 2.12 bits per heavy atom. The van der Waals surface area contributed by atoms with Crippen molar-refractivity contribution in [2.75, 3.05) is 0 Å². The molecular formula is C17H21N5O2S. The van der Waals surface area contributed by atoms with E-state index in [2.05, 4.69) is 24.9 Å². The van der Waals surface area contributed by atoms with Gasteiger partial charge in [0.1, 0.15) is 11.6 Å². The summed E-state index contributed by atoms with van der Waals surface area (Å²) < 4.78 is 13.1. The van der Waals surface area contributed by atoms with Crippen LogP contribution in [0.15, 0.2) is 32.5 Å².